The number of phenolic OH excluding ortho intramolecular Hbond substituents is 1. The number of aromatic hydroxyl groups is 1. The van der Waals surface area contributed by atoms with E-state index in [0.29, 0.717) is 11.5 Å². The number of nitrogens with one attached hydrogen (secondary N) is 1. The van der Waals surface area contributed by atoms with Crippen molar-refractivity contribution in [3.63, 3.8) is 0 Å². The molecule has 0 aliphatic heterocycles. The van der Waals surface area contributed by atoms with E-state index in [-0.39, 0.29) is 5.75 Å². The third-order valence-electron chi connectivity index (χ3n) is 3.50. The van der Waals surface area contributed by atoms with Crippen LogP contribution in [-0.2, 0) is 0 Å². The smallest absolute Gasteiger partial charge is 0.165 e. The molecule has 2 N–H and O–H groups in total. The van der Waals surface area contributed by atoms with Gasteiger partial charge in [0, 0.05) is 0 Å². The van der Waals surface area contributed by atoms with Gasteiger partial charge in [-0.1, -0.05) is 30.3 Å². The molecule has 0 fully saturated rings. The van der Waals surface area contributed by atoms with E-state index < -0.39 is 5.92 Å². The molecule has 1 atom stereocenters. The van der Waals surface area contributed by atoms with Crippen molar-refractivity contribution < 1.29 is 5.11 Å². The molecular formula is C19H15N5O. The summed E-state index contributed by atoms with van der Waals surface area (Å²) in [6, 6.07) is 18.4. The Hall–Kier alpha value is -3.72. The van der Waals surface area contributed by atoms with Gasteiger partial charge in [-0.3, -0.25) is 10.4 Å². The fraction of sp³-hybridized carbons (Fsp3) is 0.0526. The summed E-state index contributed by atoms with van der Waals surface area (Å²) in [7, 11) is 0. The summed E-state index contributed by atoms with van der Waals surface area (Å²) in [5, 5.41) is 22.8. The molecule has 1 heterocycles. The fourth-order valence-corrected chi connectivity index (χ4v) is 2.26. The van der Waals surface area contributed by atoms with Crippen LogP contribution >= 0.6 is 0 Å². The van der Waals surface area contributed by atoms with Gasteiger partial charge >= 0.3 is 0 Å². The van der Waals surface area contributed by atoms with Gasteiger partial charge in [-0.25, -0.2) is 4.98 Å². The molecule has 0 aliphatic rings. The lowest BCUT2D eigenvalue weighted by molar-refractivity contribution is 0.475. The minimum absolute atomic E-state index is 0.201. The monoisotopic (exact) mass is 329 g/mol. The highest BCUT2D eigenvalue weighted by Crippen LogP contribution is 2.22. The second-order valence-corrected chi connectivity index (χ2v) is 5.26. The lowest BCUT2D eigenvalue weighted by Crippen LogP contribution is -2.04. The largest absolute Gasteiger partial charge is 0.508 e. The van der Waals surface area contributed by atoms with Crippen LogP contribution in [-0.4, -0.2) is 21.3 Å². The van der Waals surface area contributed by atoms with Crippen molar-refractivity contribution in [3.05, 3.63) is 83.8 Å². The molecule has 6 nitrogen and oxygen atoms in total. The molecule has 122 valence electrons. The maximum absolute atomic E-state index is 9.48. The topological polar surface area (TPSA) is 94.2 Å². The molecule has 2 aromatic carbocycles. The zero-order valence-corrected chi connectivity index (χ0v) is 13.2. The van der Waals surface area contributed by atoms with Gasteiger partial charge < -0.3 is 5.11 Å². The molecule has 3 rings (SSSR count). The first kappa shape index (κ1) is 16.1. The van der Waals surface area contributed by atoms with E-state index >= 15 is 0 Å². The van der Waals surface area contributed by atoms with Gasteiger partial charge in [0.15, 0.2) is 5.82 Å². The summed E-state index contributed by atoms with van der Waals surface area (Å²) in [5.74, 6) is 0.160. The lowest BCUT2D eigenvalue weighted by Gasteiger charge is -2.09. The molecule has 3 aromatic rings. The van der Waals surface area contributed by atoms with Crippen LogP contribution in [0.1, 0.15) is 22.7 Å². The van der Waals surface area contributed by atoms with Gasteiger partial charge in [0.2, 0.25) is 0 Å². The standard InChI is InChI=1S/C19H15N5O/c20-10-17(15-4-2-1-3-5-15)18-12-21-13-19(23-18)24-22-11-14-6-8-16(25)9-7-14/h1-9,11-13,17,25H,(H,23,24). The minimum atomic E-state index is -0.489. The number of aromatic nitrogens is 2. The van der Waals surface area contributed by atoms with Crippen molar-refractivity contribution in [3.8, 4) is 11.8 Å². The Morgan fingerprint density at radius 2 is 1.84 bits per heavy atom. The number of nitriles is 1. The predicted molar refractivity (Wildman–Crippen MR) is 95.3 cm³/mol. The molecule has 6 heteroatoms. The molecule has 25 heavy (non-hydrogen) atoms. The number of hydrazone groups is 1. The SMILES string of the molecule is N#CC(c1ccccc1)c1cncc(NN=Cc2ccc(O)cc2)n1. The van der Waals surface area contributed by atoms with Crippen LogP contribution in [0.3, 0.4) is 0 Å². The molecule has 0 aliphatic carbocycles. The molecule has 0 amide bonds. The third kappa shape index (κ3) is 4.18. The van der Waals surface area contributed by atoms with Crippen LogP contribution in [0.25, 0.3) is 0 Å². The Balaban J connectivity index is 1.75. The number of hydrogen-bond donors (Lipinski definition) is 2. The summed E-state index contributed by atoms with van der Waals surface area (Å²) >= 11 is 0. The third-order valence-corrected chi connectivity index (χ3v) is 3.50. The van der Waals surface area contributed by atoms with E-state index in [1.807, 2.05) is 30.3 Å². The van der Waals surface area contributed by atoms with E-state index in [0.717, 1.165) is 11.1 Å². The quantitative estimate of drug-likeness (QED) is 0.553. The Bertz CT molecular complexity index is 901. The van der Waals surface area contributed by atoms with Crippen molar-refractivity contribution >= 4 is 12.0 Å². The molecule has 0 saturated carbocycles. The first-order chi connectivity index (χ1) is 12.3. The van der Waals surface area contributed by atoms with E-state index in [1.165, 1.54) is 6.20 Å². The van der Waals surface area contributed by atoms with Crippen molar-refractivity contribution in [1.82, 2.24) is 9.97 Å². The van der Waals surface area contributed by atoms with E-state index in [1.54, 1.807) is 36.7 Å². The molecule has 0 radical (unpaired) electrons. The summed E-state index contributed by atoms with van der Waals surface area (Å²) in [6.07, 6.45) is 4.72. The highest BCUT2D eigenvalue weighted by atomic mass is 16.3. The average molecular weight is 329 g/mol. The van der Waals surface area contributed by atoms with Crippen molar-refractivity contribution in [2.24, 2.45) is 5.10 Å². The van der Waals surface area contributed by atoms with Crippen LogP contribution in [0, 0.1) is 11.3 Å². The average Bonchev–Trinajstić information content (AvgIpc) is 2.65. The second-order valence-electron chi connectivity index (χ2n) is 5.26. The van der Waals surface area contributed by atoms with Crippen LogP contribution < -0.4 is 5.43 Å². The Morgan fingerprint density at radius 1 is 1.08 bits per heavy atom. The van der Waals surface area contributed by atoms with Gasteiger partial charge in [0.05, 0.1) is 30.4 Å². The molecule has 0 bridgehead atoms. The van der Waals surface area contributed by atoms with Gasteiger partial charge in [-0.2, -0.15) is 10.4 Å². The number of anilines is 1. The van der Waals surface area contributed by atoms with Gasteiger partial charge in [-0.05, 0) is 35.4 Å². The number of nitrogens with zero attached hydrogens (tertiary/aromatic N) is 4. The Labute approximate surface area is 145 Å². The normalized spacial score (nSPS) is 11.8. The molecule has 0 saturated heterocycles. The summed E-state index contributed by atoms with van der Waals surface area (Å²) in [5.41, 5.74) is 5.05. The van der Waals surface area contributed by atoms with E-state index in [2.05, 4.69) is 26.6 Å². The second kappa shape index (κ2) is 7.70. The maximum atomic E-state index is 9.48. The minimum Gasteiger partial charge on any atom is -0.508 e. The van der Waals surface area contributed by atoms with Crippen LogP contribution in [0.15, 0.2) is 72.1 Å². The highest BCUT2D eigenvalue weighted by molar-refractivity contribution is 5.80. The first-order valence-electron chi connectivity index (χ1n) is 7.61. The van der Waals surface area contributed by atoms with E-state index in [9.17, 15) is 10.4 Å². The zero-order chi connectivity index (χ0) is 17.5. The van der Waals surface area contributed by atoms with Crippen molar-refractivity contribution in [1.29, 1.82) is 5.26 Å². The van der Waals surface area contributed by atoms with Crippen LogP contribution in [0.4, 0.5) is 5.82 Å². The summed E-state index contributed by atoms with van der Waals surface area (Å²) < 4.78 is 0. The van der Waals surface area contributed by atoms with Crippen molar-refractivity contribution in [2.45, 2.75) is 5.92 Å². The zero-order valence-electron chi connectivity index (χ0n) is 13.2. The van der Waals surface area contributed by atoms with E-state index in [4.69, 9.17) is 0 Å². The van der Waals surface area contributed by atoms with Crippen molar-refractivity contribution in [2.75, 3.05) is 5.43 Å². The Morgan fingerprint density at radius 3 is 2.56 bits per heavy atom. The first-order valence-corrected chi connectivity index (χ1v) is 7.61. The summed E-state index contributed by atoms with van der Waals surface area (Å²) in [4.78, 5) is 8.55. The Kier molecular flexibility index (Phi) is 4.98. The van der Waals surface area contributed by atoms with Gasteiger partial charge in [0.25, 0.3) is 0 Å². The van der Waals surface area contributed by atoms with Gasteiger partial charge in [-0.15, -0.1) is 0 Å². The highest BCUT2D eigenvalue weighted by Gasteiger charge is 2.15. The number of benzene rings is 2. The molecule has 1 aromatic heterocycles. The van der Waals surface area contributed by atoms with Crippen LogP contribution in [0.2, 0.25) is 0 Å². The number of rotatable bonds is 5. The number of phenols is 1. The molecule has 1 unspecified atom stereocenters. The molecular weight excluding hydrogens is 314 g/mol. The fourth-order valence-electron chi connectivity index (χ4n) is 2.26. The lowest BCUT2D eigenvalue weighted by atomic mass is 9.98. The summed E-state index contributed by atoms with van der Waals surface area (Å²) in [6.45, 7) is 0. The van der Waals surface area contributed by atoms with Crippen LogP contribution in [0.5, 0.6) is 5.75 Å². The van der Waals surface area contributed by atoms with Gasteiger partial charge in [0.1, 0.15) is 11.7 Å². The maximum Gasteiger partial charge on any atom is 0.165 e. The number of hydrogen-bond acceptors (Lipinski definition) is 6. The molecule has 0 spiro atoms. The predicted octanol–water partition coefficient (Wildman–Crippen LogP) is 3.28.